The Labute approximate surface area is 214 Å². The molecule has 0 unspecified atom stereocenters. The summed E-state index contributed by atoms with van der Waals surface area (Å²) in [5, 5.41) is 9.21. The maximum atomic E-state index is 13.2. The van der Waals surface area contributed by atoms with Crippen LogP contribution >= 0.6 is 11.8 Å². The standard InChI is InChI=1S/C27H31N5O3S/c1-4-23(26(33)28-18-13-9-6-10-14-18)36-27-29-20-16-22(35-3)21(34-2)15-19(20)25-30-24(31-32(25)27)17-11-7-5-8-12-17/h5,7-8,11-12,15-16,18,23H,4,6,9-10,13-14H2,1-3H3,(H,28,33)/t23-/m0/s1. The maximum absolute atomic E-state index is 13.2. The lowest BCUT2D eigenvalue weighted by Crippen LogP contribution is -2.41. The van der Waals surface area contributed by atoms with Crippen molar-refractivity contribution < 1.29 is 14.3 Å². The number of benzene rings is 2. The summed E-state index contributed by atoms with van der Waals surface area (Å²) < 4.78 is 12.8. The number of nitrogens with one attached hydrogen (secondary N) is 1. The number of hydrogen-bond acceptors (Lipinski definition) is 7. The van der Waals surface area contributed by atoms with Crippen LogP contribution in [-0.4, -0.2) is 51.0 Å². The number of thioether (sulfide) groups is 1. The lowest BCUT2D eigenvalue weighted by atomic mass is 9.95. The minimum atomic E-state index is -0.287. The van der Waals surface area contributed by atoms with Crippen LogP contribution in [0.25, 0.3) is 27.9 Å². The number of ether oxygens (including phenoxy) is 2. The molecule has 9 heteroatoms. The van der Waals surface area contributed by atoms with E-state index in [0.717, 1.165) is 23.8 Å². The zero-order valence-electron chi connectivity index (χ0n) is 20.9. The number of carbonyl (C=O) groups excluding carboxylic acids is 1. The lowest BCUT2D eigenvalue weighted by molar-refractivity contribution is -0.121. The molecule has 8 nitrogen and oxygen atoms in total. The monoisotopic (exact) mass is 505 g/mol. The van der Waals surface area contributed by atoms with Gasteiger partial charge in [0.15, 0.2) is 28.1 Å². The van der Waals surface area contributed by atoms with Crippen LogP contribution in [0.4, 0.5) is 0 Å². The van der Waals surface area contributed by atoms with Crippen molar-refractivity contribution in [1.82, 2.24) is 24.9 Å². The fourth-order valence-electron chi connectivity index (χ4n) is 4.69. The molecule has 1 aliphatic rings. The first-order valence-corrected chi connectivity index (χ1v) is 13.3. The smallest absolute Gasteiger partial charge is 0.233 e. The Morgan fingerprint density at radius 1 is 1.08 bits per heavy atom. The van der Waals surface area contributed by atoms with Gasteiger partial charge in [-0.2, -0.15) is 4.52 Å². The zero-order chi connectivity index (χ0) is 25.1. The highest BCUT2D eigenvalue weighted by Gasteiger charge is 2.26. The molecule has 2 aromatic heterocycles. The lowest BCUT2D eigenvalue weighted by Gasteiger charge is -2.25. The van der Waals surface area contributed by atoms with Crippen LogP contribution in [0, 0.1) is 0 Å². The van der Waals surface area contributed by atoms with Gasteiger partial charge in [-0.25, -0.2) is 9.97 Å². The summed E-state index contributed by atoms with van der Waals surface area (Å²) in [5.74, 6) is 1.83. The number of amides is 1. The third kappa shape index (κ3) is 4.84. The Bertz CT molecular complexity index is 1370. The Morgan fingerprint density at radius 2 is 1.81 bits per heavy atom. The number of fused-ring (bicyclic) bond motifs is 3. The minimum absolute atomic E-state index is 0.0557. The van der Waals surface area contributed by atoms with Crippen molar-refractivity contribution in [2.45, 2.75) is 61.9 Å². The number of carbonyl (C=O) groups is 1. The number of rotatable bonds is 8. The molecule has 4 aromatic rings. The largest absolute Gasteiger partial charge is 0.493 e. The van der Waals surface area contributed by atoms with Crippen LogP contribution in [0.3, 0.4) is 0 Å². The summed E-state index contributed by atoms with van der Waals surface area (Å²) in [6, 6.07) is 13.8. The average Bonchev–Trinajstić information content (AvgIpc) is 3.38. The second kappa shape index (κ2) is 10.7. The average molecular weight is 506 g/mol. The summed E-state index contributed by atoms with van der Waals surface area (Å²) >= 11 is 1.43. The molecule has 1 aliphatic carbocycles. The van der Waals surface area contributed by atoms with E-state index in [4.69, 9.17) is 24.5 Å². The number of hydrogen-bond donors (Lipinski definition) is 1. The molecule has 0 saturated heterocycles. The molecule has 2 heterocycles. The number of methoxy groups -OCH3 is 2. The van der Waals surface area contributed by atoms with Crippen molar-refractivity contribution in [3.8, 4) is 22.9 Å². The Morgan fingerprint density at radius 3 is 2.50 bits per heavy atom. The molecule has 1 N–H and O–H groups in total. The van der Waals surface area contributed by atoms with E-state index in [-0.39, 0.29) is 17.2 Å². The summed E-state index contributed by atoms with van der Waals surface area (Å²) in [6.07, 6.45) is 6.38. The van der Waals surface area contributed by atoms with Gasteiger partial charge in [-0.3, -0.25) is 4.79 Å². The van der Waals surface area contributed by atoms with E-state index in [0.29, 0.717) is 40.1 Å². The molecular weight excluding hydrogens is 474 g/mol. The minimum Gasteiger partial charge on any atom is -0.493 e. The van der Waals surface area contributed by atoms with E-state index in [1.165, 1.54) is 31.0 Å². The first-order chi connectivity index (χ1) is 17.6. The molecule has 0 radical (unpaired) electrons. The molecule has 0 aliphatic heterocycles. The summed E-state index contributed by atoms with van der Waals surface area (Å²) in [7, 11) is 3.21. The van der Waals surface area contributed by atoms with Crippen molar-refractivity contribution >= 4 is 34.2 Å². The van der Waals surface area contributed by atoms with Gasteiger partial charge >= 0.3 is 0 Å². The van der Waals surface area contributed by atoms with Gasteiger partial charge in [0.1, 0.15) is 0 Å². The highest BCUT2D eigenvalue weighted by Crippen LogP contribution is 2.36. The quantitative estimate of drug-likeness (QED) is 0.257. The van der Waals surface area contributed by atoms with Gasteiger partial charge in [0.2, 0.25) is 5.91 Å². The fraction of sp³-hybridized carbons (Fsp3) is 0.407. The van der Waals surface area contributed by atoms with E-state index in [1.54, 1.807) is 18.7 Å². The number of nitrogens with zero attached hydrogens (tertiary/aromatic N) is 4. The predicted molar refractivity (Wildman–Crippen MR) is 142 cm³/mol. The normalized spacial score (nSPS) is 15.2. The van der Waals surface area contributed by atoms with Gasteiger partial charge in [0.25, 0.3) is 0 Å². The van der Waals surface area contributed by atoms with Gasteiger partial charge in [0.05, 0.1) is 25.0 Å². The van der Waals surface area contributed by atoms with Crippen molar-refractivity contribution in [1.29, 1.82) is 0 Å². The second-order valence-corrected chi connectivity index (χ2v) is 10.2. The molecular formula is C27H31N5O3S. The third-order valence-corrected chi connectivity index (χ3v) is 7.95. The van der Waals surface area contributed by atoms with Gasteiger partial charge in [-0.15, -0.1) is 5.10 Å². The second-order valence-electron chi connectivity index (χ2n) is 9.01. The molecule has 1 amide bonds. The Hall–Kier alpha value is -3.33. The van der Waals surface area contributed by atoms with Crippen LogP contribution in [0.5, 0.6) is 11.5 Å². The third-order valence-electron chi connectivity index (χ3n) is 6.64. The molecule has 0 bridgehead atoms. The van der Waals surface area contributed by atoms with Crippen molar-refractivity contribution in [2.75, 3.05) is 14.2 Å². The van der Waals surface area contributed by atoms with Crippen molar-refractivity contribution in [3.63, 3.8) is 0 Å². The van der Waals surface area contributed by atoms with E-state index >= 15 is 0 Å². The van der Waals surface area contributed by atoms with Gasteiger partial charge in [-0.1, -0.05) is 68.3 Å². The first kappa shape index (κ1) is 24.4. The van der Waals surface area contributed by atoms with Gasteiger partial charge in [0, 0.05) is 23.1 Å². The SMILES string of the molecule is CC[C@H](Sc1nc2cc(OC)c(OC)cc2c2nc(-c3ccccc3)nn12)C(=O)NC1CCCCC1. The summed E-state index contributed by atoms with van der Waals surface area (Å²) in [6.45, 7) is 2.03. The molecule has 188 valence electrons. The van der Waals surface area contributed by atoms with Crippen LogP contribution in [0.1, 0.15) is 45.4 Å². The van der Waals surface area contributed by atoms with Crippen molar-refractivity contribution in [3.05, 3.63) is 42.5 Å². The predicted octanol–water partition coefficient (Wildman–Crippen LogP) is 5.28. The molecule has 5 rings (SSSR count). The highest BCUT2D eigenvalue weighted by atomic mass is 32.2. The Balaban J connectivity index is 1.58. The molecule has 1 fully saturated rings. The van der Waals surface area contributed by atoms with Gasteiger partial charge in [-0.05, 0) is 25.3 Å². The number of aromatic nitrogens is 4. The van der Waals surface area contributed by atoms with Gasteiger partial charge < -0.3 is 14.8 Å². The molecule has 1 saturated carbocycles. The van der Waals surface area contributed by atoms with E-state index < -0.39 is 0 Å². The van der Waals surface area contributed by atoms with E-state index in [2.05, 4.69) is 5.32 Å². The molecule has 0 spiro atoms. The van der Waals surface area contributed by atoms with Crippen LogP contribution in [0.15, 0.2) is 47.6 Å². The van der Waals surface area contributed by atoms with Crippen molar-refractivity contribution in [2.24, 2.45) is 0 Å². The molecule has 36 heavy (non-hydrogen) atoms. The zero-order valence-corrected chi connectivity index (χ0v) is 21.7. The van der Waals surface area contributed by atoms with E-state index in [9.17, 15) is 4.79 Å². The summed E-state index contributed by atoms with van der Waals surface area (Å²) in [4.78, 5) is 23.0. The van der Waals surface area contributed by atoms with E-state index in [1.807, 2.05) is 49.4 Å². The van der Waals surface area contributed by atoms with Crippen LogP contribution in [0.2, 0.25) is 0 Å². The Kier molecular flexibility index (Phi) is 7.27. The molecule has 2 aromatic carbocycles. The first-order valence-electron chi connectivity index (χ1n) is 12.5. The molecule has 1 atom stereocenters. The maximum Gasteiger partial charge on any atom is 0.233 e. The topological polar surface area (TPSA) is 90.6 Å². The fourth-order valence-corrected chi connectivity index (χ4v) is 5.66. The van der Waals surface area contributed by atoms with Crippen LogP contribution in [-0.2, 0) is 4.79 Å². The summed E-state index contributed by atoms with van der Waals surface area (Å²) in [5.41, 5.74) is 2.27. The van der Waals surface area contributed by atoms with Crippen LogP contribution < -0.4 is 14.8 Å². The highest BCUT2D eigenvalue weighted by molar-refractivity contribution is 8.00.